The Bertz CT molecular complexity index is 1130. The summed E-state index contributed by atoms with van der Waals surface area (Å²) in [5, 5.41) is 3.02. The fraction of sp³-hybridized carbons (Fsp3) is 0.548. The van der Waals surface area contributed by atoms with Crippen molar-refractivity contribution in [2.75, 3.05) is 6.61 Å². The third-order valence-electron chi connectivity index (χ3n) is 8.99. The topological polar surface area (TPSA) is 64.6 Å². The van der Waals surface area contributed by atoms with Gasteiger partial charge in [-0.3, -0.25) is 4.79 Å². The SMILES string of the molecule is CCOC(=O)N[C@@H]1CC[C@@H]2[C@@H](C1)C[C@@H]1C(=O)O[C@@H](C)[C@@H]1[C@@H]2/C=C/C1=CC=C(c2cccc(F)c2)C(C)C1.[HH]. The number of allylic oxidation sites excluding steroid dienone is 6. The molecule has 37 heavy (non-hydrogen) atoms. The quantitative estimate of drug-likeness (QED) is 0.448. The van der Waals surface area contributed by atoms with Gasteiger partial charge < -0.3 is 14.8 Å². The molecule has 1 saturated heterocycles. The number of benzene rings is 1. The van der Waals surface area contributed by atoms with E-state index < -0.39 is 0 Å². The third kappa shape index (κ3) is 5.39. The van der Waals surface area contributed by atoms with E-state index in [1.54, 1.807) is 12.1 Å². The second-order valence-corrected chi connectivity index (χ2v) is 11.3. The molecule has 200 valence electrons. The predicted molar refractivity (Wildman–Crippen MR) is 143 cm³/mol. The molecule has 0 aromatic heterocycles. The minimum Gasteiger partial charge on any atom is -0.462 e. The Balaban J connectivity index is 0.00000336. The number of carbonyl (C=O) groups excluding carboxylic acids is 2. The predicted octanol–water partition coefficient (Wildman–Crippen LogP) is 6.71. The number of amides is 1. The van der Waals surface area contributed by atoms with Crippen molar-refractivity contribution < 1.29 is 24.9 Å². The first kappa shape index (κ1) is 25.7. The monoisotopic (exact) mass is 509 g/mol. The number of hydrogen-bond donors (Lipinski definition) is 1. The Hall–Kier alpha value is -2.89. The van der Waals surface area contributed by atoms with Crippen LogP contribution in [0.3, 0.4) is 0 Å². The normalized spacial score (nSPS) is 35.2. The number of carbonyl (C=O) groups is 2. The molecule has 1 heterocycles. The van der Waals surface area contributed by atoms with Gasteiger partial charge in [0.15, 0.2) is 0 Å². The van der Waals surface area contributed by atoms with Gasteiger partial charge in [-0.15, -0.1) is 0 Å². The number of hydrogen-bond acceptors (Lipinski definition) is 4. The molecule has 5 nitrogen and oxygen atoms in total. The summed E-state index contributed by atoms with van der Waals surface area (Å²) in [6.45, 7) is 6.39. The second kappa shape index (κ2) is 10.8. The molecular formula is C31H40FNO4. The smallest absolute Gasteiger partial charge is 0.407 e. The van der Waals surface area contributed by atoms with E-state index in [1.807, 2.05) is 19.9 Å². The van der Waals surface area contributed by atoms with Crippen LogP contribution in [0.5, 0.6) is 0 Å². The van der Waals surface area contributed by atoms with E-state index in [9.17, 15) is 14.0 Å². The standard InChI is InChI=1S/C31H38FNO4.H2/c1-4-36-31(35)33-24-10-13-26-22(16-24)17-28-29(19(3)37-30(28)34)27(26)12-9-20-8-11-25(18(2)14-20)21-6-5-7-23(32)15-21;/h5-9,11-12,15,18-19,22,24,26-29H,4,10,13-14,16-17H2,1-3H3,(H,33,35);1H/b12-9+;/t18?,19-,22-,24+,26+,27+,28-,29+;/m0./s1. The van der Waals surface area contributed by atoms with Gasteiger partial charge in [-0.05, 0) is 98.5 Å². The van der Waals surface area contributed by atoms with Gasteiger partial charge in [0, 0.05) is 13.4 Å². The molecule has 1 aromatic rings. The molecule has 1 amide bonds. The maximum atomic E-state index is 13.8. The maximum Gasteiger partial charge on any atom is 0.407 e. The van der Waals surface area contributed by atoms with Crippen molar-refractivity contribution in [3.8, 4) is 0 Å². The van der Waals surface area contributed by atoms with Crippen LogP contribution in [0.2, 0.25) is 0 Å². The highest BCUT2D eigenvalue weighted by Gasteiger charge is 2.54. The van der Waals surface area contributed by atoms with Crippen molar-refractivity contribution in [3.05, 3.63) is 65.5 Å². The average Bonchev–Trinajstić information content (AvgIpc) is 3.14. The zero-order valence-electron chi connectivity index (χ0n) is 22.0. The highest BCUT2D eigenvalue weighted by atomic mass is 19.1. The summed E-state index contributed by atoms with van der Waals surface area (Å²) >= 11 is 0. The lowest BCUT2D eigenvalue weighted by Gasteiger charge is -2.47. The summed E-state index contributed by atoms with van der Waals surface area (Å²) in [7, 11) is 0. The van der Waals surface area contributed by atoms with E-state index >= 15 is 0 Å². The molecule has 3 aliphatic carbocycles. The molecule has 0 radical (unpaired) electrons. The Kier molecular flexibility index (Phi) is 7.55. The Morgan fingerprint density at radius 3 is 2.84 bits per heavy atom. The minimum atomic E-state index is -0.353. The van der Waals surface area contributed by atoms with Gasteiger partial charge in [0.05, 0.1) is 12.5 Å². The van der Waals surface area contributed by atoms with E-state index in [4.69, 9.17) is 9.47 Å². The summed E-state index contributed by atoms with van der Waals surface area (Å²) in [6, 6.07) is 6.89. The van der Waals surface area contributed by atoms with Gasteiger partial charge in [0.25, 0.3) is 0 Å². The lowest BCUT2D eigenvalue weighted by molar-refractivity contribution is -0.144. The fourth-order valence-electron chi connectivity index (χ4n) is 7.39. The van der Waals surface area contributed by atoms with Gasteiger partial charge in [0.1, 0.15) is 11.9 Å². The first-order valence-electron chi connectivity index (χ1n) is 13.8. The van der Waals surface area contributed by atoms with E-state index in [0.29, 0.717) is 18.4 Å². The van der Waals surface area contributed by atoms with Crippen molar-refractivity contribution in [1.82, 2.24) is 5.32 Å². The number of ether oxygens (including phenoxy) is 2. The fourth-order valence-corrected chi connectivity index (χ4v) is 7.39. The maximum absolute atomic E-state index is 13.8. The van der Waals surface area contributed by atoms with Gasteiger partial charge >= 0.3 is 12.1 Å². The van der Waals surface area contributed by atoms with Crippen LogP contribution in [-0.4, -0.2) is 30.8 Å². The highest BCUT2D eigenvalue weighted by Crippen LogP contribution is 2.53. The first-order valence-corrected chi connectivity index (χ1v) is 13.8. The number of alkyl carbamates (subject to hydrolysis) is 1. The molecule has 2 saturated carbocycles. The Labute approximate surface area is 220 Å². The highest BCUT2D eigenvalue weighted by molar-refractivity contribution is 5.75. The summed E-state index contributed by atoms with van der Waals surface area (Å²) in [4.78, 5) is 24.7. The number of esters is 1. The van der Waals surface area contributed by atoms with Crippen LogP contribution in [-0.2, 0) is 14.3 Å². The molecule has 0 spiro atoms. The molecule has 1 N–H and O–H groups in total. The molecule has 1 aliphatic heterocycles. The molecule has 0 bridgehead atoms. The molecule has 1 aromatic carbocycles. The number of halogens is 1. The molecule has 3 fully saturated rings. The van der Waals surface area contributed by atoms with Gasteiger partial charge in [-0.2, -0.15) is 0 Å². The molecule has 5 rings (SSSR count). The van der Waals surface area contributed by atoms with Crippen molar-refractivity contribution in [2.45, 2.75) is 65.0 Å². The molecule has 6 heteroatoms. The van der Waals surface area contributed by atoms with E-state index in [0.717, 1.165) is 43.2 Å². The zero-order valence-corrected chi connectivity index (χ0v) is 22.0. The van der Waals surface area contributed by atoms with E-state index in [-0.39, 0.29) is 55.1 Å². The number of cyclic esters (lactones) is 1. The first-order chi connectivity index (χ1) is 17.8. The van der Waals surface area contributed by atoms with Crippen LogP contribution >= 0.6 is 0 Å². The molecule has 8 atom stereocenters. The molecule has 4 aliphatic rings. The minimum absolute atomic E-state index is 0. The summed E-state index contributed by atoms with van der Waals surface area (Å²) in [6.07, 6.45) is 13.0. The number of fused-ring (bicyclic) bond motifs is 2. The van der Waals surface area contributed by atoms with Crippen LogP contribution < -0.4 is 5.32 Å². The Morgan fingerprint density at radius 1 is 1.24 bits per heavy atom. The molecular weight excluding hydrogens is 469 g/mol. The van der Waals surface area contributed by atoms with E-state index in [2.05, 4.69) is 36.5 Å². The second-order valence-electron chi connectivity index (χ2n) is 11.3. The summed E-state index contributed by atoms with van der Waals surface area (Å²) < 4.78 is 24.6. The van der Waals surface area contributed by atoms with Crippen molar-refractivity contribution in [1.29, 1.82) is 0 Å². The van der Waals surface area contributed by atoms with Gasteiger partial charge in [-0.1, -0.05) is 43.4 Å². The summed E-state index contributed by atoms with van der Waals surface area (Å²) in [5.41, 5.74) is 3.35. The van der Waals surface area contributed by atoms with Crippen molar-refractivity contribution in [2.24, 2.45) is 35.5 Å². The lowest BCUT2D eigenvalue weighted by atomic mass is 9.57. The molecule has 1 unspecified atom stereocenters. The largest absolute Gasteiger partial charge is 0.462 e. The Morgan fingerprint density at radius 2 is 2.08 bits per heavy atom. The van der Waals surface area contributed by atoms with E-state index in [1.165, 1.54) is 11.6 Å². The van der Waals surface area contributed by atoms with Crippen LogP contribution in [0.25, 0.3) is 5.57 Å². The number of nitrogens with one attached hydrogen (secondary N) is 1. The van der Waals surface area contributed by atoms with Crippen LogP contribution in [0.15, 0.2) is 54.1 Å². The average molecular weight is 510 g/mol. The number of rotatable bonds is 5. The van der Waals surface area contributed by atoms with Crippen LogP contribution in [0, 0.1) is 41.3 Å². The van der Waals surface area contributed by atoms with Gasteiger partial charge in [-0.25, -0.2) is 9.18 Å². The van der Waals surface area contributed by atoms with Crippen molar-refractivity contribution >= 4 is 17.6 Å². The lowest BCUT2D eigenvalue weighted by Crippen LogP contribution is -2.48. The summed E-state index contributed by atoms with van der Waals surface area (Å²) in [5.74, 6) is 1.23. The van der Waals surface area contributed by atoms with Crippen LogP contribution in [0.4, 0.5) is 9.18 Å². The van der Waals surface area contributed by atoms with Crippen molar-refractivity contribution in [3.63, 3.8) is 0 Å². The third-order valence-corrected chi connectivity index (χ3v) is 8.99. The van der Waals surface area contributed by atoms with Crippen LogP contribution in [0.1, 0.15) is 59.9 Å². The van der Waals surface area contributed by atoms with Gasteiger partial charge in [0.2, 0.25) is 0 Å². The zero-order chi connectivity index (χ0) is 26.1.